The van der Waals surface area contributed by atoms with Crippen LogP contribution in [0.2, 0.25) is 0 Å². The second kappa shape index (κ2) is 9.23. The van der Waals surface area contributed by atoms with Crippen molar-refractivity contribution in [2.45, 2.75) is 51.5 Å². The standard InChI is InChI=1S/C23H29N5O/c24-16-20(23-26-25-22-9-5-2-6-12-28(22)23)21(29)17-27-13-10-19(11-14-27)15-18-7-3-1-4-8-18/h1,3-4,7-8,19,29H,2,5-6,9-15,17H2/p+1/b21-20-. The number of rotatable bonds is 5. The molecule has 152 valence electrons. The first-order chi connectivity index (χ1) is 14.2. The predicted octanol–water partition coefficient (Wildman–Crippen LogP) is 2.33. The minimum absolute atomic E-state index is 0.156. The Morgan fingerprint density at radius 1 is 1.14 bits per heavy atom. The van der Waals surface area contributed by atoms with Gasteiger partial charge in [-0.05, 0) is 43.6 Å². The molecule has 2 N–H and O–H groups in total. The van der Waals surface area contributed by atoms with Crippen LogP contribution < -0.4 is 4.90 Å². The van der Waals surface area contributed by atoms with E-state index in [0.29, 0.717) is 23.9 Å². The van der Waals surface area contributed by atoms with Gasteiger partial charge in [0.2, 0.25) is 0 Å². The maximum absolute atomic E-state index is 10.8. The third-order valence-electron chi connectivity index (χ3n) is 6.33. The van der Waals surface area contributed by atoms with E-state index in [1.165, 1.54) is 16.9 Å². The molecule has 1 aromatic heterocycles. The molecule has 4 rings (SSSR count). The number of allylic oxidation sites excluding steroid dienone is 1. The molecule has 29 heavy (non-hydrogen) atoms. The molecule has 0 saturated carbocycles. The number of piperidine rings is 1. The molecule has 0 unspecified atom stereocenters. The Balaban J connectivity index is 1.39. The molecule has 1 fully saturated rings. The summed E-state index contributed by atoms with van der Waals surface area (Å²) >= 11 is 0. The van der Waals surface area contributed by atoms with Crippen molar-refractivity contribution in [2.75, 3.05) is 19.6 Å². The topological polar surface area (TPSA) is 79.2 Å². The van der Waals surface area contributed by atoms with E-state index < -0.39 is 0 Å². The summed E-state index contributed by atoms with van der Waals surface area (Å²) in [6.07, 6.45) is 7.68. The van der Waals surface area contributed by atoms with Crippen molar-refractivity contribution in [1.82, 2.24) is 14.8 Å². The lowest BCUT2D eigenvalue weighted by Gasteiger charge is -2.29. The lowest BCUT2D eigenvalue weighted by atomic mass is 9.90. The van der Waals surface area contributed by atoms with Gasteiger partial charge in [-0.1, -0.05) is 36.8 Å². The lowest BCUT2D eigenvalue weighted by molar-refractivity contribution is -0.902. The van der Waals surface area contributed by atoms with Gasteiger partial charge in [-0.3, -0.25) is 0 Å². The van der Waals surface area contributed by atoms with E-state index in [4.69, 9.17) is 0 Å². The summed E-state index contributed by atoms with van der Waals surface area (Å²) in [5.74, 6) is 2.34. The van der Waals surface area contributed by atoms with Gasteiger partial charge in [0.25, 0.3) is 0 Å². The molecule has 1 saturated heterocycles. The number of nitrogens with one attached hydrogen (secondary N) is 1. The zero-order valence-electron chi connectivity index (χ0n) is 17.0. The summed E-state index contributed by atoms with van der Waals surface area (Å²) < 4.78 is 2.03. The third-order valence-corrected chi connectivity index (χ3v) is 6.33. The highest BCUT2D eigenvalue weighted by atomic mass is 16.3. The van der Waals surface area contributed by atoms with Gasteiger partial charge in [0.1, 0.15) is 24.0 Å². The van der Waals surface area contributed by atoms with Crippen LogP contribution >= 0.6 is 0 Å². The number of likely N-dealkylation sites (tertiary alicyclic amines) is 1. The Morgan fingerprint density at radius 3 is 2.69 bits per heavy atom. The molecule has 0 amide bonds. The molecular formula is C23H30N5O+. The highest BCUT2D eigenvalue weighted by molar-refractivity contribution is 5.74. The second-order valence-corrected chi connectivity index (χ2v) is 8.40. The van der Waals surface area contributed by atoms with Crippen LogP contribution in [0.3, 0.4) is 0 Å². The first-order valence-electron chi connectivity index (χ1n) is 10.9. The first-order valence-corrected chi connectivity index (χ1v) is 10.9. The van der Waals surface area contributed by atoms with Gasteiger partial charge in [0.15, 0.2) is 11.6 Å². The van der Waals surface area contributed by atoms with Crippen LogP contribution in [-0.4, -0.2) is 39.5 Å². The van der Waals surface area contributed by atoms with Crippen LogP contribution in [0.1, 0.15) is 49.3 Å². The zero-order chi connectivity index (χ0) is 20.1. The lowest BCUT2D eigenvalue weighted by Crippen LogP contribution is -3.13. The van der Waals surface area contributed by atoms with Crippen LogP contribution in [0.15, 0.2) is 36.1 Å². The Bertz CT molecular complexity index is 888. The number of fused-ring (bicyclic) bond motifs is 1. The highest BCUT2D eigenvalue weighted by Crippen LogP contribution is 2.21. The van der Waals surface area contributed by atoms with Crippen molar-refractivity contribution in [2.24, 2.45) is 5.92 Å². The van der Waals surface area contributed by atoms with E-state index >= 15 is 0 Å². The molecule has 0 spiro atoms. The highest BCUT2D eigenvalue weighted by Gasteiger charge is 2.26. The SMILES string of the molecule is N#C/C(=C(/O)C[NH+]1CCC(Cc2ccccc2)CC1)c1nnc2n1CCCCC2. The Labute approximate surface area is 172 Å². The van der Waals surface area contributed by atoms with E-state index in [0.717, 1.165) is 64.0 Å². The van der Waals surface area contributed by atoms with E-state index in [-0.39, 0.29) is 5.76 Å². The third kappa shape index (κ3) is 4.68. The number of aromatic nitrogens is 3. The maximum atomic E-state index is 10.8. The molecule has 3 heterocycles. The Kier molecular flexibility index (Phi) is 6.26. The molecule has 0 aliphatic carbocycles. The monoisotopic (exact) mass is 392 g/mol. The van der Waals surface area contributed by atoms with Crippen LogP contribution in [0.5, 0.6) is 0 Å². The predicted molar refractivity (Wildman–Crippen MR) is 111 cm³/mol. The molecule has 0 bridgehead atoms. The van der Waals surface area contributed by atoms with Crippen molar-refractivity contribution in [3.8, 4) is 6.07 Å². The molecule has 1 aromatic carbocycles. The molecule has 6 heteroatoms. The van der Waals surface area contributed by atoms with E-state index in [2.05, 4.69) is 46.6 Å². The van der Waals surface area contributed by atoms with Crippen molar-refractivity contribution in [3.05, 3.63) is 53.3 Å². The number of nitrogens with zero attached hydrogens (tertiary/aromatic N) is 4. The number of aliphatic hydroxyl groups is 1. The number of aryl methyl sites for hydroxylation is 1. The summed E-state index contributed by atoms with van der Waals surface area (Å²) in [6, 6.07) is 12.9. The number of benzene rings is 1. The van der Waals surface area contributed by atoms with E-state index in [9.17, 15) is 10.4 Å². The zero-order valence-corrected chi connectivity index (χ0v) is 17.0. The van der Waals surface area contributed by atoms with Gasteiger partial charge in [-0.15, -0.1) is 10.2 Å². The Morgan fingerprint density at radius 2 is 1.93 bits per heavy atom. The maximum Gasteiger partial charge on any atom is 0.178 e. The number of hydrogen-bond donors (Lipinski definition) is 2. The summed E-state index contributed by atoms with van der Waals surface area (Å²) in [5.41, 5.74) is 1.70. The van der Waals surface area contributed by atoms with Gasteiger partial charge in [0.05, 0.1) is 13.1 Å². The molecular weight excluding hydrogens is 362 g/mol. The van der Waals surface area contributed by atoms with Gasteiger partial charge < -0.3 is 14.6 Å². The largest absolute Gasteiger partial charge is 0.506 e. The average Bonchev–Trinajstić information content (AvgIpc) is 2.98. The number of nitriles is 1. The second-order valence-electron chi connectivity index (χ2n) is 8.40. The van der Waals surface area contributed by atoms with Crippen LogP contribution in [0.25, 0.3) is 5.57 Å². The minimum atomic E-state index is 0.156. The summed E-state index contributed by atoms with van der Waals surface area (Å²) in [7, 11) is 0. The minimum Gasteiger partial charge on any atom is -0.506 e. The summed E-state index contributed by atoms with van der Waals surface area (Å²) in [6.45, 7) is 3.37. The number of hydrogen-bond acceptors (Lipinski definition) is 4. The fourth-order valence-electron chi connectivity index (χ4n) is 4.65. The Hall–Kier alpha value is -2.65. The van der Waals surface area contributed by atoms with Crippen molar-refractivity contribution in [1.29, 1.82) is 5.26 Å². The summed E-state index contributed by atoms with van der Waals surface area (Å²) in [4.78, 5) is 1.34. The quantitative estimate of drug-likeness (QED) is 0.605. The molecule has 2 aromatic rings. The van der Waals surface area contributed by atoms with Crippen LogP contribution in [0.4, 0.5) is 0 Å². The van der Waals surface area contributed by atoms with Gasteiger partial charge in [-0.25, -0.2) is 0 Å². The van der Waals surface area contributed by atoms with Gasteiger partial charge in [-0.2, -0.15) is 5.26 Å². The van der Waals surface area contributed by atoms with Crippen molar-refractivity contribution >= 4 is 5.57 Å². The van der Waals surface area contributed by atoms with Crippen molar-refractivity contribution in [3.63, 3.8) is 0 Å². The summed E-state index contributed by atoms with van der Waals surface area (Å²) in [5, 5.41) is 29.0. The number of aliphatic hydroxyl groups excluding tert-OH is 1. The number of quaternary nitrogens is 1. The van der Waals surface area contributed by atoms with Crippen LogP contribution in [0, 0.1) is 17.2 Å². The fraction of sp³-hybridized carbons (Fsp3) is 0.522. The van der Waals surface area contributed by atoms with Gasteiger partial charge in [0, 0.05) is 13.0 Å². The molecule has 0 radical (unpaired) electrons. The molecule has 0 atom stereocenters. The van der Waals surface area contributed by atoms with Crippen molar-refractivity contribution < 1.29 is 10.0 Å². The van der Waals surface area contributed by atoms with E-state index in [1.54, 1.807) is 0 Å². The van der Waals surface area contributed by atoms with Gasteiger partial charge >= 0.3 is 0 Å². The molecule has 2 aliphatic heterocycles. The molecule has 2 aliphatic rings. The first kappa shape index (κ1) is 19.7. The normalized spacial score (nSPS) is 22.9. The molecule has 6 nitrogen and oxygen atoms in total. The smallest absolute Gasteiger partial charge is 0.178 e. The van der Waals surface area contributed by atoms with Crippen LogP contribution in [-0.2, 0) is 19.4 Å². The fourth-order valence-corrected chi connectivity index (χ4v) is 4.65. The average molecular weight is 393 g/mol. The van der Waals surface area contributed by atoms with E-state index in [1.807, 2.05) is 4.57 Å².